The summed E-state index contributed by atoms with van der Waals surface area (Å²) in [5.74, 6) is -0.298. The summed E-state index contributed by atoms with van der Waals surface area (Å²) in [6.07, 6.45) is 1.68. The largest absolute Gasteiger partial charge is 0.310 e. The standard InChI is InChI=1S/C22H21ClN2O2/c1-3-25(19-10-4-7-16(2)13-19)22(27)20-11-6-12-24(21(20)26)15-17-8-5-9-18(23)14-17/h4-14H,3,15H2,1-2H3. The lowest BCUT2D eigenvalue weighted by molar-refractivity contribution is 0.0986. The van der Waals surface area contributed by atoms with Crippen LogP contribution in [0.5, 0.6) is 0 Å². The van der Waals surface area contributed by atoms with Gasteiger partial charge in [-0.2, -0.15) is 0 Å². The molecule has 27 heavy (non-hydrogen) atoms. The Hall–Kier alpha value is -2.85. The van der Waals surface area contributed by atoms with Crippen LogP contribution in [0.3, 0.4) is 0 Å². The van der Waals surface area contributed by atoms with Crippen molar-refractivity contribution in [2.45, 2.75) is 20.4 Å². The van der Waals surface area contributed by atoms with Crippen LogP contribution in [-0.2, 0) is 6.54 Å². The van der Waals surface area contributed by atoms with Gasteiger partial charge in [0.15, 0.2) is 0 Å². The van der Waals surface area contributed by atoms with E-state index in [1.807, 2.05) is 56.3 Å². The number of halogens is 1. The van der Waals surface area contributed by atoms with Gasteiger partial charge >= 0.3 is 0 Å². The van der Waals surface area contributed by atoms with Crippen LogP contribution < -0.4 is 10.5 Å². The van der Waals surface area contributed by atoms with Crippen molar-refractivity contribution in [1.82, 2.24) is 4.57 Å². The average molecular weight is 381 g/mol. The molecule has 0 radical (unpaired) electrons. The zero-order valence-electron chi connectivity index (χ0n) is 15.4. The first kappa shape index (κ1) is 18.9. The Labute approximate surface area is 163 Å². The van der Waals surface area contributed by atoms with Gasteiger partial charge in [0.25, 0.3) is 11.5 Å². The van der Waals surface area contributed by atoms with Gasteiger partial charge in [-0.05, 0) is 61.4 Å². The monoisotopic (exact) mass is 380 g/mol. The Bertz CT molecular complexity index is 1030. The zero-order chi connectivity index (χ0) is 19.4. The van der Waals surface area contributed by atoms with Crippen LogP contribution in [0.1, 0.15) is 28.4 Å². The van der Waals surface area contributed by atoms with Crippen molar-refractivity contribution < 1.29 is 4.79 Å². The van der Waals surface area contributed by atoms with Crippen LogP contribution in [0.2, 0.25) is 5.02 Å². The fourth-order valence-electron chi connectivity index (χ4n) is 3.04. The van der Waals surface area contributed by atoms with Crippen LogP contribution in [0, 0.1) is 6.92 Å². The van der Waals surface area contributed by atoms with E-state index in [1.165, 1.54) is 4.57 Å². The molecule has 1 amide bonds. The summed E-state index contributed by atoms with van der Waals surface area (Å²) in [5.41, 5.74) is 2.59. The van der Waals surface area contributed by atoms with Gasteiger partial charge in [0, 0.05) is 23.5 Å². The van der Waals surface area contributed by atoms with E-state index >= 15 is 0 Å². The molecule has 0 aliphatic rings. The predicted molar refractivity (Wildman–Crippen MR) is 110 cm³/mol. The fourth-order valence-corrected chi connectivity index (χ4v) is 3.25. The molecule has 1 aromatic heterocycles. The smallest absolute Gasteiger partial charge is 0.263 e. The van der Waals surface area contributed by atoms with E-state index in [0.717, 1.165) is 16.8 Å². The quantitative estimate of drug-likeness (QED) is 0.652. The Morgan fingerprint density at radius 2 is 1.85 bits per heavy atom. The second kappa shape index (κ2) is 8.23. The van der Waals surface area contributed by atoms with Gasteiger partial charge in [-0.15, -0.1) is 0 Å². The number of carbonyl (C=O) groups excluding carboxylic acids is 1. The van der Waals surface area contributed by atoms with Crippen molar-refractivity contribution in [2.24, 2.45) is 0 Å². The lowest BCUT2D eigenvalue weighted by atomic mass is 10.1. The Morgan fingerprint density at radius 3 is 2.56 bits per heavy atom. The maximum absolute atomic E-state index is 13.1. The molecular formula is C22H21ClN2O2. The highest BCUT2D eigenvalue weighted by Gasteiger charge is 2.20. The number of nitrogens with zero attached hydrogens (tertiary/aromatic N) is 2. The number of benzene rings is 2. The second-order valence-electron chi connectivity index (χ2n) is 6.37. The maximum Gasteiger partial charge on any atom is 0.263 e. The number of aryl methyl sites for hydroxylation is 1. The molecule has 0 saturated carbocycles. The number of aromatic nitrogens is 1. The van der Waals surface area contributed by atoms with Crippen molar-refractivity contribution in [1.29, 1.82) is 0 Å². The van der Waals surface area contributed by atoms with Crippen LogP contribution in [0.4, 0.5) is 5.69 Å². The molecule has 0 saturated heterocycles. The van der Waals surface area contributed by atoms with Gasteiger partial charge in [0.05, 0.1) is 6.54 Å². The van der Waals surface area contributed by atoms with Crippen molar-refractivity contribution in [3.63, 3.8) is 0 Å². The normalized spacial score (nSPS) is 10.6. The number of rotatable bonds is 5. The number of pyridine rings is 1. The molecule has 0 spiro atoms. The van der Waals surface area contributed by atoms with Gasteiger partial charge in [-0.1, -0.05) is 35.9 Å². The lowest BCUT2D eigenvalue weighted by Gasteiger charge is -2.21. The number of hydrogen-bond acceptors (Lipinski definition) is 2. The molecule has 3 aromatic rings. The van der Waals surface area contributed by atoms with E-state index < -0.39 is 0 Å². The lowest BCUT2D eigenvalue weighted by Crippen LogP contribution is -2.36. The predicted octanol–water partition coefficient (Wildman–Crippen LogP) is 4.53. The molecule has 0 N–H and O–H groups in total. The SMILES string of the molecule is CCN(C(=O)c1cccn(Cc2cccc(Cl)c2)c1=O)c1cccc(C)c1. The summed E-state index contributed by atoms with van der Waals surface area (Å²) in [6.45, 7) is 4.71. The van der Waals surface area contributed by atoms with Crippen LogP contribution in [0.15, 0.2) is 71.7 Å². The average Bonchev–Trinajstić information content (AvgIpc) is 2.64. The third-order valence-electron chi connectivity index (χ3n) is 4.37. The minimum absolute atomic E-state index is 0.155. The summed E-state index contributed by atoms with van der Waals surface area (Å²) in [7, 11) is 0. The number of anilines is 1. The fraction of sp³-hybridized carbons (Fsp3) is 0.182. The second-order valence-corrected chi connectivity index (χ2v) is 6.81. The van der Waals surface area contributed by atoms with Gasteiger partial charge in [0.1, 0.15) is 5.56 Å². The maximum atomic E-state index is 13.1. The van der Waals surface area contributed by atoms with E-state index in [9.17, 15) is 9.59 Å². The molecule has 0 unspecified atom stereocenters. The molecule has 138 valence electrons. The van der Waals surface area contributed by atoms with Gasteiger partial charge in [-0.3, -0.25) is 9.59 Å². The highest BCUT2D eigenvalue weighted by molar-refractivity contribution is 6.30. The highest BCUT2D eigenvalue weighted by Crippen LogP contribution is 2.18. The van der Waals surface area contributed by atoms with E-state index in [1.54, 1.807) is 29.3 Å². The number of carbonyl (C=O) groups is 1. The summed E-state index contributed by atoms with van der Waals surface area (Å²) in [4.78, 5) is 27.6. The molecule has 1 heterocycles. The molecule has 5 heteroatoms. The van der Waals surface area contributed by atoms with E-state index in [2.05, 4.69) is 0 Å². The minimum atomic E-state index is -0.312. The molecule has 0 aliphatic heterocycles. The topological polar surface area (TPSA) is 42.3 Å². The van der Waals surface area contributed by atoms with Gasteiger partial charge in [0.2, 0.25) is 0 Å². The van der Waals surface area contributed by atoms with E-state index in [-0.39, 0.29) is 17.0 Å². The third-order valence-corrected chi connectivity index (χ3v) is 4.60. The van der Waals surface area contributed by atoms with Crippen LogP contribution in [-0.4, -0.2) is 17.0 Å². The zero-order valence-corrected chi connectivity index (χ0v) is 16.1. The van der Waals surface area contributed by atoms with E-state index in [4.69, 9.17) is 11.6 Å². The van der Waals surface area contributed by atoms with Gasteiger partial charge in [-0.25, -0.2) is 0 Å². The van der Waals surface area contributed by atoms with Crippen LogP contribution in [0.25, 0.3) is 0 Å². The molecule has 0 bridgehead atoms. The first-order valence-electron chi connectivity index (χ1n) is 8.82. The van der Waals surface area contributed by atoms with Crippen molar-refractivity contribution in [2.75, 3.05) is 11.4 Å². The molecule has 4 nitrogen and oxygen atoms in total. The third kappa shape index (κ3) is 4.29. The molecular weight excluding hydrogens is 360 g/mol. The summed E-state index contributed by atoms with van der Waals surface area (Å²) < 4.78 is 1.53. The Morgan fingerprint density at radius 1 is 1.07 bits per heavy atom. The summed E-state index contributed by atoms with van der Waals surface area (Å²) in [5, 5.41) is 0.615. The molecule has 2 aromatic carbocycles. The van der Waals surface area contributed by atoms with Gasteiger partial charge < -0.3 is 9.47 Å². The van der Waals surface area contributed by atoms with Crippen LogP contribution >= 0.6 is 11.6 Å². The molecule has 3 rings (SSSR count). The number of amides is 1. The minimum Gasteiger partial charge on any atom is -0.310 e. The van der Waals surface area contributed by atoms with Crippen molar-refractivity contribution in [3.8, 4) is 0 Å². The van der Waals surface area contributed by atoms with Crippen molar-refractivity contribution >= 4 is 23.2 Å². The summed E-state index contributed by atoms with van der Waals surface area (Å²) in [6, 6.07) is 18.3. The molecule has 0 fully saturated rings. The molecule has 0 atom stereocenters. The Kier molecular flexibility index (Phi) is 5.77. The number of hydrogen-bond donors (Lipinski definition) is 0. The highest BCUT2D eigenvalue weighted by atomic mass is 35.5. The first-order valence-corrected chi connectivity index (χ1v) is 9.20. The van der Waals surface area contributed by atoms with E-state index in [0.29, 0.717) is 18.1 Å². The Balaban J connectivity index is 1.94. The van der Waals surface area contributed by atoms with Crippen molar-refractivity contribution in [3.05, 3.63) is 98.9 Å². The summed E-state index contributed by atoms with van der Waals surface area (Å²) >= 11 is 6.03. The molecule has 0 aliphatic carbocycles. The first-order chi connectivity index (χ1) is 13.0.